The van der Waals surface area contributed by atoms with Crippen molar-refractivity contribution in [3.8, 4) is 11.6 Å². The molecule has 3 rings (SSSR count). The highest BCUT2D eigenvalue weighted by molar-refractivity contribution is 5.87. The van der Waals surface area contributed by atoms with Gasteiger partial charge in [-0.15, -0.1) is 10.2 Å². The van der Waals surface area contributed by atoms with E-state index < -0.39 is 0 Å². The van der Waals surface area contributed by atoms with Crippen molar-refractivity contribution < 1.29 is 14.3 Å². The summed E-state index contributed by atoms with van der Waals surface area (Å²) in [5, 5.41) is 13.5. The Hall–Kier alpha value is -3.29. The van der Waals surface area contributed by atoms with E-state index in [0.717, 1.165) is 11.3 Å². The van der Waals surface area contributed by atoms with E-state index in [1.54, 1.807) is 23.6 Å². The average molecular weight is 341 g/mol. The molecule has 25 heavy (non-hydrogen) atoms. The normalized spacial score (nSPS) is 10.5. The van der Waals surface area contributed by atoms with Crippen LogP contribution in [0, 0.1) is 0 Å². The van der Waals surface area contributed by atoms with Crippen LogP contribution in [0.25, 0.3) is 5.65 Å². The number of carbonyl (C=O) groups is 1. The minimum atomic E-state index is -0.386. The molecule has 0 radical (unpaired) electrons. The van der Waals surface area contributed by atoms with Crippen LogP contribution in [0.5, 0.6) is 11.6 Å². The van der Waals surface area contributed by atoms with Gasteiger partial charge < -0.3 is 14.8 Å². The zero-order valence-corrected chi connectivity index (χ0v) is 14.0. The molecule has 0 bridgehead atoms. The molecule has 130 valence electrons. The van der Waals surface area contributed by atoms with Crippen LogP contribution in [0.3, 0.4) is 0 Å². The fraction of sp³-hybridized carbons (Fsp3) is 0.235. The van der Waals surface area contributed by atoms with Crippen LogP contribution in [0.15, 0.2) is 42.5 Å². The Balaban J connectivity index is 1.69. The van der Waals surface area contributed by atoms with Gasteiger partial charge in [-0.2, -0.15) is 0 Å². The summed E-state index contributed by atoms with van der Waals surface area (Å²) in [5.74, 6) is 1.60. The van der Waals surface area contributed by atoms with Gasteiger partial charge in [0.25, 0.3) is 0 Å². The summed E-state index contributed by atoms with van der Waals surface area (Å²) in [7, 11) is 1.60. The van der Waals surface area contributed by atoms with E-state index in [2.05, 4.69) is 20.8 Å². The third-order valence-electron chi connectivity index (χ3n) is 3.50. The van der Waals surface area contributed by atoms with Crippen molar-refractivity contribution in [3.05, 3.63) is 48.0 Å². The van der Waals surface area contributed by atoms with E-state index >= 15 is 0 Å². The Morgan fingerprint density at radius 2 is 2.04 bits per heavy atom. The number of rotatable bonds is 6. The lowest BCUT2D eigenvalue weighted by Crippen LogP contribution is -2.29. The molecule has 0 fully saturated rings. The first-order valence-corrected chi connectivity index (χ1v) is 7.86. The van der Waals surface area contributed by atoms with Crippen molar-refractivity contribution in [2.75, 3.05) is 19.0 Å². The van der Waals surface area contributed by atoms with Gasteiger partial charge in [0.2, 0.25) is 11.8 Å². The second-order valence-corrected chi connectivity index (χ2v) is 5.17. The quantitative estimate of drug-likeness (QED) is 0.719. The van der Waals surface area contributed by atoms with Crippen LogP contribution in [-0.4, -0.2) is 34.3 Å². The predicted octanol–water partition coefficient (Wildman–Crippen LogP) is 2.46. The number of nitrogens with zero attached hydrogens (tertiary/aromatic N) is 3. The molecule has 0 saturated carbocycles. The number of anilines is 1. The Morgan fingerprint density at radius 3 is 2.84 bits per heavy atom. The molecule has 8 heteroatoms. The van der Waals surface area contributed by atoms with Crippen LogP contribution in [-0.2, 0) is 6.54 Å². The number of ether oxygens (including phenoxy) is 2. The van der Waals surface area contributed by atoms with Crippen LogP contribution in [0.4, 0.5) is 10.7 Å². The van der Waals surface area contributed by atoms with Crippen LogP contribution >= 0.6 is 0 Å². The van der Waals surface area contributed by atoms with Gasteiger partial charge in [-0.1, -0.05) is 18.2 Å². The summed E-state index contributed by atoms with van der Waals surface area (Å²) >= 11 is 0. The molecule has 0 aliphatic heterocycles. The van der Waals surface area contributed by atoms with E-state index in [1.165, 1.54) is 0 Å². The highest BCUT2D eigenvalue weighted by Crippen LogP contribution is 2.18. The Labute approximate surface area is 144 Å². The number of nitrogens with one attached hydrogen (secondary N) is 2. The fourth-order valence-corrected chi connectivity index (χ4v) is 2.36. The molecule has 3 aromatic rings. The molecule has 0 spiro atoms. The first-order valence-electron chi connectivity index (χ1n) is 7.86. The van der Waals surface area contributed by atoms with Crippen LogP contribution in [0.1, 0.15) is 12.5 Å². The number of carbonyl (C=O) groups excluding carboxylic acids is 1. The van der Waals surface area contributed by atoms with Crippen molar-refractivity contribution >= 4 is 17.6 Å². The highest BCUT2D eigenvalue weighted by atomic mass is 16.5. The van der Waals surface area contributed by atoms with Crippen molar-refractivity contribution in [1.29, 1.82) is 0 Å². The number of urea groups is 1. The Bertz CT molecular complexity index is 878. The van der Waals surface area contributed by atoms with Gasteiger partial charge in [-0.3, -0.25) is 5.32 Å². The SMILES string of the molecule is CCOc1cccc2nnc(NC(=O)NCc3cccc(OC)c3)n12. The molecule has 2 amide bonds. The highest BCUT2D eigenvalue weighted by Gasteiger charge is 2.12. The summed E-state index contributed by atoms with van der Waals surface area (Å²) in [6.45, 7) is 2.74. The number of hydrogen-bond acceptors (Lipinski definition) is 5. The molecule has 1 aromatic carbocycles. The summed E-state index contributed by atoms with van der Waals surface area (Å²) < 4.78 is 12.4. The average Bonchev–Trinajstić information content (AvgIpc) is 3.04. The Morgan fingerprint density at radius 1 is 1.20 bits per heavy atom. The number of fused-ring (bicyclic) bond motifs is 1. The molecule has 2 heterocycles. The fourth-order valence-electron chi connectivity index (χ4n) is 2.36. The summed E-state index contributed by atoms with van der Waals surface area (Å²) in [6.07, 6.45) is 0. The largest absolute Gasteiger partial charge is 0.497 e. The molecule has 2 aromatic heterocycles. The second kappa shape index (κ2) is 7.52. The first-order chi connectivity index (χ1) is 12.2. The van der Waals surface area contributed by atoms with Crippen molar-refractivity contribution in [3.63, 3.8) is 0 Å². The van der Waals surface area contributed by atoms with E-state index in [-0.39, 0.29) is 6.03 Å². The second-order valence-electron chi connectivity index (χ2n) is 5.17. The van der Waals surface area contributed by atoms with Crippen molar-refractivity contribution in [2.24, 2.45) is 0 Å². The molecule has 2 N–H and O–H groups in total. The standard InChI is InChI=1S/C17H19N5O3/c1-3-25-15-9-5-8-14-20-21-16(22(14)15)19-17(23)18-11-12-6-4-7-13(10-12)24-2/h4-10H,3,11H2,1-2H3,(H2,18,19,21,23). The topological polar surface area (TPSA) is 89.8 Å². The molecule has 0 atom stereocenters. The minimum absolute atomic E-state index is 0.294. The lowest BCUT2D eigenvalue weighted by atomic mass is 10.2. The number of pyridine rings is 1. The molecule has 8 nitrogen and oxygen atoms in total. The predicted molar refractivity (Wildman–Crippen MR) is 93.0 cm³/mol. The summed E-state index contributed by atoms with van der Waals surface area (Å²) in [6, 6.07) is 12.5. The number of methoxy groups -OCH3 is 1. The smallest absolute Gasteiger partial charge is 0.321 e. The number of amides is 2. The molecule has 0 aliphatic carbocycles. The van der Waals surface area contributed by atoms with E-state index in [1.807, 2.05) is 37.3 Å². The van der Waals surface area contributed by atoms with Crippen molar-refractivity contribution in [2.45, 2.75) is 13.5 Å². The number of hydrogen-bond donors (Lipinski definition) is 2. The van der Waals surface area contributed by atoms with Gasteiger partial charge in [0, 0.05) is 6.54 Å². The van der Waals surface area contributed by atoms with Gasteiger partial charge >= 0.3 is 6.03 Å². The summed E-state index contributed by atoms with van der Waals surface area (Å²) in [5.41, 5.74) is 1.52. The monoisotopic (exact) mass is 341 g/mol. The minimum Gasteiger partial charge on any atom is -0.497 e. The summed E-state index contributed by atoms with van der Waals surface area (Å²) in [4.78, 5) is 12.2. The van der Waals surface area contributed by atoms with Gasteiger partial charge in [0.05, 0.1) is 13.7 Å². The van der Waals surface area contributed by atoms with Crippen LogP contribution < -0.4 is 20.1 Å². The zero-order valence-electron chi connectivity index (χ0n) is 14.0. The van der Waals surface area contributed by atoms with Crippen molar-refractivity contribution in [1.82, 2.24) is 19.9 Å². The van der Waals surface area contributed by atoms with Gasteiger partial charge in [0.1, 0.15) is 5.75 Å². The number of benzene rings is 1. The lowest BCUT2D eigenvalue weighted by molar-refractivity contribution is 0.251. The third kappa shape index (κ3) is 3.79. The van der Waals surface area contributed by atoms with E-state index in [0.29, 0.717) is 30.6 Å². The lowest BCUT2D eigenvalue weighted by Gasteiger charge is -2.10. The zero-order chi connectivity index (χ0) is 17.6. The molecular formula is C17H19N5O3. The maximum absolute atomic E-state index is 12.2. The third-order valence-corrected chi connectivity index (χ3v) is 3.50. The van der Waals surface area contributed by atoms with Gasteiger partial charge in [-0.25, -0.2) is 9.20 Å². The molecule has 0 saturated heterocycles. The van der Waals surface area contributed by atoms with E-state index in [9.17, 15) is 4.79 Å². The van der Waals surface area contributed by atoms with E-state index in [4.69, 9.17) is 9.47 Å². The molecule has 0 unspecified atom stereocenters. The maximum atomic E-state index is 12.2. The number of aromatic nitrogens is 3. The Kier molecular flexibility index (Phi) is 4.98. The van der Waals surface area contributed by atoms with Gasteiger partial charge in [0.15, 0.2) is 5.65 Å². The first kappa shape index (κ1) is 16.6. The van der Waals surface area contributed by atoms with Gasteiger partial charge in [-0.05, 0) is 36.8 Å². The molecular weight excluding hydrogens is 322 g/mol. The molecule has 0 aliphatic rings. The van der Waals surface area contributed by atoms with Crippen LogP contribution in [0.2, 0.25) is 0 Å². The maximum Gasteiger partial charge on any atom is 0.321 e.